The van der Waals surface area contributed by atoms with Crippen LogP contribution in [0, 0.1) is 13.8 Å². The van der Waals surface area contributed by atoms with Crippen molar-refractivity contribution in [2.45, 2.75) is 24.8 Å². The minimum Gasteiger partial charge on any atom is -0.469 e. The van der Waals surface area contributed by atoms with Crippen LogP contribution in [0.1, 0.15) is 17.0 Å². The van der Waals surface area contributed by atoms with E-state index in [2.05, 4.69) is 15.3 Å². The Hall–Kier alpha value is -1.93. The van der Waals surface area contributed by atoms with Gasteiger partial charge < -0.3 is 10.3 Å². The Morgan fingerprint density at radius 3 is 2.73 bits per heavy atom. The SMILES string of the molecule is Cc1nn(C)c(Cl)c1CSc1nnc(-c2ccoc2C)n1N. The van der Waals surface area contributed by atoms with E-state index in [4.69, 9.17) is 21.9 Å². The van der Waals surface area contributed by atoms with E-state index < -0.39 is 0 Å². The fraction of sp³-hybridized carbons (Fsp3) is 0.308. The van der Waals surface area contributed by atoms with Crippen molar-refractivity contribution in [1.29, 1.82) is 0 Å². The maximum Gasteiger partial charge on any atom is 0.210 e. The summed E-state index contributed by atoms with van der Waals surface area (Å²) < 4.78 is 8.39. The zero-order valence-electron chi connectivity index (χ0n) is 12.4. The number of aryl methyl sites for hydroxylation is 3. The Balaban J connectivity index is 1.83. The van der Waals surface area contributed by atoms with Gasteiger partial charge in [0.2, 0.25) is 5.16 Å². The first kappa shape index (κ1) is 15.0. The average Bonchev–Trinajstić information content (AvgIpc) is 3.11. The van der Waals surface area contributed by atoms with Gasteiger partial charge in [0.05, 0.1) is 17.5 Å². The lowest BCUT2D eigenvalue weighted by molar-refractivity contribution is 0.535. The lowest BCUT2D eigenvalue weighted by Gasteiger charge is -2.03. The molecule has 0 aliphatic carbocycles. The molecule has 0 amide bonds. The van der Waals surface area contributed by atoms with Gasteiger partial charge in [-0.3, -0.25) is 4.68 Å². The van der Waals surface area contributed by atoms with Gasteiger partial charge in [-0.25, -0.2) is 4.68 Å². The standard InChI is InChI=1S/C13H15ClN6OS/c1-7-10(11(14)19(3)18-7)6-22-13-17-16-12(20(13)15)9-4-5-21-8(9)2/h4-5H,6,15H2,1-3H3. The van der Waals surface area contributed by atoms with Crippen LogP contribution >= 0.6 is 23.4 Å². The molecule has 2 N–H and O–H groups in total. The number of rotatable bonds is 4. The van der Waals surface area contributed by atoms with Crippen LogP contribution < -0.4 is 5.84 Å². The van der Waals surface area contributed by atoms with Crippen LogP contribution in [0.4, 0.5) is 0 Å². The molecule has 0 aliphatic rings. The fourth-order valence-electron chi connectivity index (χ4n) is 2.15. The molecule has 0 spiro atoms. The van der Waals surface area contributed by atoms with Gasteiger partial charge in [-0.2, -0.15) is 5.10 Å². The zero-order valence-corrected chi connectivity index (χ0v) is 13.9. The first-order valence-corrected chi connectivity index (χ1v) is 7.91. The maximum atomic E-state index is 6.23. The molecule has 0 aromatic carbocycles. The van der Waals surface area contributed by atoms with Crippen LogP contribution in [0.25, 0.3) is 11.4 Å². The molecule has 3 aromatic rings. The summed E-state index contributed by atoms with van der Waals surface area (Å²) in [6.45, 7) is 3.78. The van der Waals surface area contributed by atoms with Crippen molar-refractivity contribution < 1.29 is 4.42 Å². The molecule has 3 heterocycles. The molecule has 9 heteroatoms. The van der Waals surface area contributed by atoms with Crippen LogP contribution in [0.3, 0.4) is 0 Å². The molecule has 7 nitrogen and oxygen atoms in total. The molecule has 116 valence electrons. The minimum atomic E-state index is 0.572. The summed E-state index contributed by atoms with van der Waals surface area (Å²) >= 11 is 7.69. The van der Waals surface area contributed by atoms with E-state index in [0.717, 1.165) is 22.6 Å². The molecule has 0 saturated heterocycles. The zero-order chi connectivity index (χ0) is 15.9. The smallest absolute Gasteiger partial charge is 0.210 e. The maximum absolute atomic E-state index is 6.23. The highest BCUT2D eigenvalue weighted by atomic mass is 35.5. The third-order valence-corrected chi connectivity index (χ3v) is 4.82. The third kappa shape index (κ3) is 2.48. The Kier molecular flexibility index (Phi) is 3.88. The quantitative estimate of drug-likeness (QED) is 0.581. The summed E-state index contributed by atoms with van der Waals surface area (Å²) in [6.07, 6.45) is 1.60. The van der Waals surface area contributed by atoms with Crippen molar-refractivity contribution in [3.8, 4) is 11.4 Å². The minimum absolute atomic E-state index is 0.572. The molecular formula is C13H15ClN6OS. The van der Waals surface area contributed by atoms with Gasteiger partial charge in [0, 0.05) is 18.4 Å². The van der Waals surface area contributed by atoms with E-state index in [0.29, 0.717) is 21.9 Å². The summed E-state index contributed by atoms with van der Waals surface area (Å²) in [5, 5.41) is 13.8. The van der Waals surface area contributed by atoms with Gasteiger partial charge in [-0.1, -0.05) is 23.4 Å². The summed E-state index contributed by atoms with van der Waals surface area (Å²) in [6, 6.07) is 1.82. The van der Waals surface area contributed by atoms with Crippen molar-refractivity contribution >= 4 is 23.4 Å². The molecule has 0 atom stereocenters. The number of furan rings is 1. The van der Waals surface area contributed by atoms with Gasteiger partial charge in [0.25, 0.3) is 0 Å². The van der Waals surface area contributed by atoms with Crippen LogP contribution in [0.2, 0.25) is 5.15 Å². The number of aromatic nitrogens is 5. The Morgan fingerprint density at radius 2 is 2.14 bits per heavy atom. The number of hydrogen-bond acceptors (Lipinski definition) is 6. The lowest BCUT2D eigenvalue weighted by Crippen LogP contribution is -2.11. The molecule has 0 radical (unpaired) electrons. The predicted octanol–water partition coefficient (Wildman–Crippen LogP) is 2.55. The van der Waals surface area contributed by atoms with E-state index in [1.165, 1.54) is 16.4 Å². The van der Waals surface area contributed by atoms with Crippen LogP contribution in [-0.2, 0) is 12.8 Å². The van der Waals surface area contributed by atoms with Crippen molar-refractivity contribution in [3.63, 3.8) is 0 Å². The Bertz CT molecular complexity index is 821. The van der Waals surface area contributed by atoms with E-state index in [1.54, 1.807) is 10.9 Å². The second-order valence-corrected chi connectivity index (χ2v) is 6.13. The van der Waals surface area contributed by atoms with Gasteiger partial charge in [-0.15, -0.1) is 10.2 Å². The van der Waals surface area contributed by atoms with Crippen LogP contribution in [0.15, 0.2) is 21.9 Å². The number of nitrogen functional groups attached to an aromatic ring is 1. The van der Waals surface area contributed by atoms with Gasteiger partial charge in [0.1, 0.15) is 10.9 Å². The molecule has 3 rings (SSSR count). The van der Waals surface area contributed by atoms with Crippen molar-refractivity contribution in [1.82, 2.24) is 24.7 Å². The summed E-state index contributed by atoms with van der Waals surface area (Å²) in [5.74, 6) is 8.03. The molecule has 0 fully saturated rings. The largest absolute Gasteiger partial charge is 0.469 e. The average molecular weight is 339 g/mol. The fourth-order valence-corrected chi connectivity index (χ4v) is 3.41. The second kappa shape index (κ2) is 5.69. The molecule has 22 heavy (non-hydrogen) atoms. The van der Waals surface area contributed by atoms with E-state index >= 15 is 0 Å². The highest BCUT2D eigenvalue weighted by molar-refractivity contribution is 7.98. The first-order chi connectivity index (χ1) is 10.5. The topological polar surface area (TPSA) is 87.7 Å². The number of nitrogens with two attached hydrogens (primary N) is 1. The molecule has 0 saturated carbocycles. The summed E-state index contributed by atoms with van der Waals surface area (Å²) in [5.41, 5.74) is 2.70. The number of thioether (sulfide) groups is 1. The van der Waals surface area contributed by atoms with Gasteiger partial charge >= 0.3 is 0 Å². The van der Waals surface area contributed by atoms with Crippen molar-refractivity contribution in [2.75, 3.05) is 5.84 Å². The Labute approximate surface area is 136 Å². The summed E-state index contributed by atoms with van der Waals surface area (Å²) in [4.78, 5) is 0. The predicted molar refractivity (Wildman–Crippen MR) is 85.1 cm³/mol. The molecule has 0 aliphatic heterocycles. The first-order valence-electron chi connectivity index (χ1n) is 6.54. The van der Waals surface area contributed by atoms with E-state index in [9.17, 15) is 0 Å². The monoisotopic (exact) mass is 338 g/mol. The van der Waals surface area contributed by atoms with Crippen LogP contribution in [0.5, 0.6) is 0 Å². The van der Waals surface area contributed by atoms with Crippen molar-refractivity contribution in [2.24, 2.45) is 7.05 Å². The van der Waals surface area contributed by atoms with Crippen LogP contribution in [-0.4, -0.2) is 24.7 Å². The molecule has 0 unspecified atom stereocenters. The Morgan fingerprint density at radius 1 is 1.36 bits per heavy atom. The second-order valence-electron chi connectivity index (χ2n) is 4.83. The number of nitrogens with zero attached hydrogens (tertiary/aromatic N) is 5. The molecule has 0 bridgehead atoms. The normalized spacial score (nSPS) is 11.3. The highest BCUT2D eigenvalue weighted by Gasteiger charge is 2.17. The number of halogens is 1. The van der Waals surface area contributed by atoms with Crippen molar-refractivity contribution in [3.05, 3.63) is 34.5 Å². The highest BCUT2D eigenvalue weighted by Crippen LogP contribution is 2.29. The number of hydrogen-bond donors (Lipinski definition) is 1. The molecular weight excluding hydrogens is 324 g/mol. The third-order valence-electron chi connectivity index (χ3n) is 3.38. The van der Waals surface area contributed by atoms with E-state index in [1.807, 2.05) is 27.0 Å². The molecule has 3 aromatic heterocycles. The van der Waals surface area contributed by atoms with Gasteiger partial charge in [-0.05, 0) is 19.9 Å². The lowest BCUT2D eigenvalue weighted by atomic mass is 10.2. The van der Waals surface area contributed by atoms with E-state index in [-0.39, 0.29) is 0 Å². The summed E-state index contributed by atoms with van der Waals surface area (Å²) in [7, 11) is 1.81. The van der Waals surface area contributed by atoms with Gasteiger partial charge in [0.15, 0.2) is 5.82 Å².